The molecule has 1 saturated heterocycles. The van der Waals surface area contributed by atoms with Crippen molar-refractivity contribution in [2.75, 3.05) is 38.1 Å². The molecule has 3 heterocycles. The van der Waals surface area contributed by atoms with E-state index >= 15 is 0 Å². The summed E-state index contributed by atoms with van der Waals surface area (Å²) in [6.07, 6.45) is 10.0. The summed E-state index contributed by atoms with van der Waals surface area (Å²) in [6.45, 7) is 4.63. The Labute approximate surface area is 194 Å². The maximum atomic E-state index is 13.1. The number of benzene rings is 1. The predicted molar refractivity (Wildman–Crippen MR) is 130 cm³/mol. The summed E-state index contributed by atoms with van der Waals surface area (Å²) >= 11 is 0. The third kappa shape index (κ3) is 4.48. The average Bonchev–Trinajstić information content (AvgIpc) is 3.45. The lowest BCUT2D eigenvalue weighted by Gasteiger charge is -2.34. The Morgan fingerprint density at radius 2 is 1.73 bits per heavy atom. The number of rotatable bonds is 6. The first-order valence-electron chi connectivity index (χ1n) is 12.0. The van der Waals surface area contributed by atoms with Crippen molar-refractivity contribution in [1.29, 1.82) is 0 Å². The number of aryl methyl sites for hydroxylation is 2. The third-order valence-corrected chi connectivity index (χ3v) is 7.25. The number of imidazole rings is 1. The molecule has 1 saturated carbocycles. The normalized spacial score (nSPS) is 18.7. The van der Waals surface area contributed by atoms with Crippen molar-refractivity contribution in [3.63, 3.8) is 0 Å². The van der Waals surface area contributed by atoms with Gasteiger partial charge in [0.05, 0.1) is 11.3 Å². The molecule has 0 spiro atoms. The molecule has 7 nitrogen and oxygen atoms in total. The minimum atomic E-state index is -0.708. The average molecular weight is 448 g/mol. The molecular formula is C26H33N5O2. The number of nitrogens with zero attached hydrogens (tertiary/aromatic N) is 5. The van der Waals surface area contributed by atoms with Gasteiger partial charge in [-0.25, -0.2) is 9.78 Å². The Balaban J connectivity index is 1.29. The first-order chi connectivity index (χ1) is 16.0. The molecule has 2 aromatic heterocycles. The number of hydrogen-bond donors (Lipinski definition) is 1. The van der Waals surface area contributed by atoms with Gasteiger partial charge in [0.2, 0.25) is 0 Å². The fourth-order valence-electron chi connectivity index (χ4n) is 5.13. The van der Waals surface area contributed by atoms with E-state index in [0.29, 0.717) is 6.54 Å². The van der Waals surface area contributed by atoms with Crippen molar-refractivity contribution < 1.29 is 5.11 Å². The maximum Gasteiger partial charge on any atom is 0.332 e. The first kappa shape index (κ1) is 21.9. The first-order valence-corrected chi connectivity index (χ1v) is 12.0. The van der Waals surface area contributed by atoms with Crippen LogP contribution in [0.5, 0.6) is 0 Å². The summed E-state index contributed by atoms with van der Waals surface area (Å²) in [5.41, 5.74) is 2.19. The molecule has 0 unspecified atom stereocenters. The molecule has 1 aliphatic heterocycles. The van der Waals surface area contributed by atoms with E-state index in [2.05, 4.69) is 27.9 Å². The van der Waals surface area contributed by atoms with Gasteiger partial charge in [-0.05, 0) is 55.6 Å². The van der Waals surface area contributed by atoms with Crippen molar-refractivity contribution in [1.82, 2.24) is 19.0 Å². The number of aromatic nitrogens is 3. The Morgan fingerprint density at radius 3 is 2.45 bits per heavy atom. The Hall–Kier alpha value is -2.90. The molecule has 1 aliphatic carbocycles. The minimum absolute atomic E-state index is 0.0487. The zero-order chi connectivity index (χ0) is 22.8. The summed E-state index contributed by atoms with van der Waals surface area (Å²) in [4.78, 5) is 22.4. The highest BCUT2D eigenvalue weighted by Crippen LogP contribution is 2.38. The second-order valence-electron chi connectivity index (χ2n) is 9.46. The number of pyridine rings is 1. The Kier molecular flexibility index (Phi) is 6.08. The lowest BCUT2D eigenvalue weighted by Crippen LogP contribution is -2.45. The molecule has 7 heteroatoms. The van der Waals surface area contributed by atoms with E-state index in [1.165, 1.54) is 5.56 Å². The van der Waals surface area contributed by atoms with Crippen LogP contribution in [0.25, 0.3) is 5.69 Å². The molecule has 1 N–H and O–H groups in total. The standard InChI is InChI=1S/C26H33N5O2/c1-28-15-17-29(18-16-28)24-21(5-4-13-27-24)10-14-30-19-20-31(25(30)32)23-8-6-22(7-9-23)26(33)11-2-3-12-26/h4-9,13,19-20,33H,2-3,10-12,14-18H2,1H3. The summed E-state index contributed by atoms with van der Waals surface area (Å²) in [7, 11) is 2.15. The van der Waals surface area contributed by atoms with Crippen LogP contribution in [0.2, 0.25) is 0 Å². The van der Waals surface area contributed by atoms with Gasteiger partial charge in [-0.3, -0.25) is 9.13 Å². The maximum absolute atomic E-state index is 13.1. The van der Waals surface area contributed by atoms with Crippen LogP contribution in [0.1, 0.15) is 36.8 Å². The highest BCUT2D eigenvalue weighted by Gasteiger charge is 2.32. The molecule has 33 heavy (non-hydrogen) atoms. The lowest BCUT2D eigenvalue weighted by molar-refractivity contribution is 0.0445. The smallest absolute Gasteiger partial charge is 0.332 e. The molecular weight excluding hydrogens is 414 g/mol. The van der Waals surface area contributed by atoms with Crippen LogP contribution >= 0.6 is 0 Å². The van der Waals surface area contributed by atoms with Gasteiger partial charge < -0.3 is 14.9 Å². The van der Waals surface area contributed by atoms with Crippen LogP contribution in [-0.2, 0) is 18.6 Å². The van der Waals surface area contributed by atoms with E-state index in [1.807, 2.05) is 48.9 Å². The molecule has 5 rings (SSSR count). The summed E-state index contributed by atoms with van der Waals surface area (Å²) in [5, 5.41) is 10.8. The van der Waals surface area contributed by atoms with Crippen LogP contribution in [0.4, 0.5) is 5.82 Å². The van der Waals surface area contributed by atoms with Crippen molar-refractivity contribution >= 4 is 5.82 Å². The Morgan fingerprint density at radius 1 is 1.00 bits per heavy atom. The van der Waals surface area contributed by atoms with Crippen LogP contribution in [0.3, 0.4) is 0 Å². The summed E-state index contributed by atoms with van der Waals surface area (Å²) < 4.78 is 3.44. The van der Waals surface area contributed by atoms with Crippen molar-refractivity contribution in [3.05, 3.63) is 76.6 Å². The van der Waals surface area contributed by atoms with E-state index in [0.717, 1.165) is 75.4 Å². The fourth-order valence-corrected chi connectivity index (χ4v) is 5.13. The molecule has 0 amide bonds. The van der Waals surface area contributed by atoms with Crippen molar-refractivity contribution in [3.8, 4) is 5.69 Å². The van der Waals surface area contributed by atoms with Crippen LogP contribution < -0.4 is 10.6 Å². The largest absolute Gasteiger partial charge is 0.385 e. The molecule has 2 aliphatic rings. The quantitative estimate of drug-likeness (QED) is 0.630. The van der Waals surface area contributed by atoms with Gasteiger partial charge in [0.1, 0.15) is 5.82 Å². The second-order valence-corrected chi connectivity index (χ2v) is 9.46. The van der Waals surface area contributed by atoms with Crippen LogP contribution in [0, 0.1) is 0 Å². The van der Waals surface area contributed by atoms with Gasteiger partial charge in [-0.1, -0.05) is 31.0 Å². The van der Waals surface area contributed by atoms with Gasteiger partial charge in [-0.15, -0.1) is 0 Å². The number of piperazine rings is 1. The number of anilines is 1. The van der Waals surface area contributed by atoms with Gasteiger partial charge in [0.25, 0.3) is 0 Å². The Bertz CT molecular complexity index is 1140. The molecule has 174 valence electrons. The minimum Gasteiger partial charge on any atom is -0.385 e. The molecule has 3 aromatic rings. The van der Waals surface area contributed by atoms with E-state index in [-0.39, 0.29) is 5.69 Å². The molecule has 0 atom stereocenters. The monoisotopic (exact) mass is 447 g/mol. The van der Waals surface area contributed by atoms with Gasteiger partial charge in [-0.2, -0.15) is 0 Å². The fraction of sp³-hybridized carbons (Fsp3) is 0.462. The van der Waals surface area contributed by atoms with Gasteiger partial charge in [0.15, 0.2) is 0 Å². The summed E-state index contributed by atoms with van der Waals surface area (Å²) in [5.74, 6) is 1.04. The molecule has 1 aromatic carbocycles. The second kappa shape index (κ2) is 9.15. The predicted octanol–water partition coefficient (Wildman–Crippen LogP) is 2.79. The molecule has 2 fully saturated rings. The lowest BCUT2D eigenvalue weighted by atomic mass is 9.92. The number of likely N-dealkylation sites (N-methyl/N-ethyl adjacent to an activating group) is 1. The van der Waals surface area contributed by atoms with E-state index in [4.69, 9.17) is 0 Å². The van der Waals surface area contributed by atoms with Crippen LogP contribution in [-0.4, -0.2) is 57.4 Å². The third-order valence-electron chi connectivity index (χ3n) is 7.25. The zero-order valence-corrected chi connectivity index (χ0v) is 19.4. The SMILES string of the molecule is CN1CCN(c2ncccc2CCn2ccn(-c3ccc(C4(O)CCCC4)cc3)c2=O)CC1. The van der Waals surface area contributed by atoms with Gasteiger partial charge >= 0.3 is 5.69 Å². The molecule has 0 radical (unpaired) electrons. The summed E-state index contributed by atoms with van der Waals surface area (Å²) in [6, 6.07) is 11.9. The zero-order valence-electron chi connectivity index (χ0n) is 19.4. The molecule has 0 bridgehead atoms. The van der Waals surface area contributed by atoms with Crippen molar-refractivity contribution in [2.45, 2.75) is 44.2 Å². The van der Waals surface area contributed by atoms with Gasteiger partial charge in [0, 0.05) is 51.3 Å². The number of hydrogen-bond acceptors (Lipinski definition) is 5. The number of aliphatic hydroxyl groups is 1. The van der Waals surface area contributed by atoms with Crippen molar-refractivity contribution in [2.24, 2.45) is 0 Å². The van der Waals surface area contributed by atoms with E-state index < -0.39 is 5.60 Å². The topological polar surface area (TPSA) is 66.5 Å². The van der Waals surface area contributed by atoms with Crippen LogP contribution in [0.15, 0.2) is 59.8 Å². The van der Waals surface area contributed by atoms with E-state index in [1.54, 1.807) is 9.13 Å². The highest BCUT2D eigenvalue weighted by atomic mass is 16.3. The highest BCUT2D eigenvalue weighted by molar-refractivity contribution is 5.47. The van der Waals surface area contributed by atoms with E-state index in [9.17, 15) is 9.90 Å².